The quantitative estimate of drug-likeness (QED) is 0.354. The molecule has 1 amide bonds. The lowest BCUT2D eigenvalue weighted by Crippen LogP contribution is -2.51. The Morgan fingerprint density at radius 2 is 1.79 bits per heavy atom. The number of ketones is 1. The molecule has 2 heterocycles. The van der Waals surface area contributed by atoms with Gasteiger partial charge < -0.3 is 4.90 Å². The lowest BCUT2D eigenvalue weighted by Gasteiger charge is -2.33. The maximum absolute atomic E-state index is 14.0. The topological polar surface area (TPSA) is 74.8 Å². The minimum atomic E-state index is -3.53. The highest BCUT2D eigenvalue weighted by Crippen LogP contribution is 2.33. The van der Waals surface area contributed by atoms with Crippen LogP contribution in [0, 0.1) is 11.8 Å². The first kappa shape index (κ1) is 30.0. The van der Waals surface area contributed by atoms with E-state index in [4.69, 9.17) is 23.2 Å². The van der Waals surface area contributed by atoms with Gasteiger partial charge >= 0.3 is 0 Å². The molecule has 0 aliphatic carbocycles. The molecule has 4 rings (SSSR count). The van der Waals surface area contributed by atoms with E-state index in [1.165, 1.54) is 0 Å². The molecule has 2 aromatic rings. The normalized spacial score (nSPS) is 23.1. The number of halogens is 2. The molecule has 0 spiro atoms. The first-order valence-corrected chi connectivity index (χ1v) is 16.2. The smallest absolute Gasteiger partial charge is 0.240 e. The summed E-state index contributed by atoms with van der Waals surface area (Å²) in [6.07, 6.45) is 2.55. The molecule has 2 aliphatic rings. The van der Waals surface area contributed by atoms with Crippen LogP contribution in [-0.4, -0.2) is 66.9 Å². The van der Waals surface area contributed by atoms with Crippen LogP contribution in [0.25, 0.3) is 0 Å². The summed E-state index contributed by atoms with van der Waals surface area (Å²) < 4.78 is 26.6. The van der Waals surface area contributed by atoms with Crippen LogP contribution in [0.3, 0.4) is 0 Å². The Balaban J connectivity index is 1.56. The van der Waals surface area contributed by atoms with Gasteiger partial charge in [-0.2, -0.15) is 0 Å². The average molecular weight is 594 g/mol. The minimum Gasteiger partial charge on any atom is -0.331 e. The molecule has 2 aromatic carbocycles. The summed E-state index contributed by atoms with van der Waals surface area (Å²) in [5, 5.41) is 0.925. The highest BCUT2D eigenvalue weighted by atomic mass is 35.5. The van der Waals surface area contributed by atoms with E-state index in [-0.39, 0.29) is 41.7 Å². The summed E-state index contributed by atoms with van der Waals surface area (Å²) >= 11 is 12.2. The van der Waals surface area contributed by atoms with E-state index >= 15 is 0 Å². The standard InChI is InChI=1S/C30H38Cl2N2O4S/c1-20(2)15-27(29(35)12-10-22-9-11-25(31)26(32)17-22)33-14-13-23(34-18-21(3)16-28(34)30(33)36)19-39(37,38)24-7-5-4-6-8-24/h4-9,11,17,20-21,23,27-28H,10,12-16,18-19H2,1-3H3/t21-,23?,27-,28+/m1/s1. The number of hydrogen-bond acceptors (Lipinski definition) is 5. The van der Waals surface area contributed by atoms with Crippen molar-refractivity contribution in [3.05, 3.63) is 64.1 Å². The highest BCUT2D eigenvalue weighted by molar-refractivity contribution is 7.91. The van der Waals surface area contributed by atoms with E-state index in [1.54, 1.807) is 47.4 Å². The van der Waals surface area contributed by atoms with Crippen molar-refractivity contribution >= 4 is 44.7 Å². The van der Waals surface area contributed by atoms with Gasteiger partial charge in [-0.05, 0) is 67.3 Å². The number of Topliss-reactive ketones (excluding diaryl/α,β-unsaturated/α-hetero) is 1. The van der Waals surface area contributed by atoms with E-state index in [0.29, 0.717) is 53.7 Å². The molecular weight excluding hydrogens is 555 g/mol. The Hall–Kier alpha value is -1.93. The molecule has 2 aliphatic heterocycles. The van der Waals surface area contributed by atoms with Crippen molar-refractivity contribution in [1.29, 1.82) is 0 Å². The fourth-order valence-electron chi connectivity index (χ4n) is 5.95. The van der Waals surface area contributed by atoms with Crippen molar-refractivity contribution in [3.63, 3.8) is 0 Å². The molecule has 0 aromatic heterocycles. The van der Waals surface area contributed by atoms with Crippen LogP contribution >= 0.6 is 23.2 Å². The van der Waals surface area contributed by atoms with Gasteiger partial charge in [0.2, 0.25) is 5.91 Å². The molecular formula is C30H38Cl2N2O4S. The molecule has 2 fully saturated rings. The third-order valence-electron chi connectivity index (χ3n) is 7.89. The second-order valence-corrected chi connectivity index (χ2v) is 14.3. The maximum Gasteiger partial charge on any atom is 0.240 e. The van der Waals surface area contributed by atoms with Crippen LogP contribution in [0.2, 0.25) is 10.0 Å². The number of fused-ring (bicyclic) bond motifs is 1. The van der Waals surface area contributed by atoms with Crippen molar-refractivity contribution < 1.29 is 18.0 Å². The molecule has 2 saturated heterocycles. The number of carbonyl (C=O) groups excluding carboxylic acids is 2. The average Bonchev–Trinajstić information content (AvgIpc) is 3.24. The molecule has 0 bridgehead atoms. The maximum atomic E-state index is 14.0. The zero-order valence-corrected chi connectivity index (χ0v) is 25.2. The molecule has 9 heteroatoms. The van der Waals surface area contributed by atoms with Crippen LogP contribution in [0.1, 0.15) is 52.0 Å². The van der Waals surface area contributed by atoms with Gasteiger partial charge in [0, 0.05) is 25.6 Å². The Labute approximate surface area is 242 Å². The Morgan fingerprint density at radius 1 is 1.08 bits per heavy atom. The third-order valence-corrected chi connectivity index (χ3v) is 10.4. The van der Waals surface area contributed by atoms with Gasteiger partial charge in [-0.15, -0.1) is 0 Å². The molecule has 0 N–H and O–H groups in total. The fraction of sp³-hybridized carbons (Fsp3) is 0.533. The minimum absolute atomic E-state index is 0.0241. The first-order valence-electron chi connectivity index (χ1n) is 13.8. The molecule has 6 nitrogen and oxygen atoms in total. The Morgan fingerprint density at radius 3 is 2.46 bits per heavy atom. The summed E-state index contributed by atoms with van der Waals surface area (Å²) in [4.78, 5) is 31.8. The van der Waals surface area contributed by atoms with E-state index < -0.39 is 21.9 Å². The largest absolute Gasteiger partial charge is 0.331 e. The summed E-state index contributed by atoms with van der Waals surface area (Å²) in [6.45, 7) is 7.26. The summed E-state index contributed by atoms with van der Waals surface area (Å²) in [7, 11) is -3.53. The summed E-state index contributed by atoms with van der Waals surface area (Å²) in [6, 6.07) is 12.6. The molecule has 39 heavy (non-hydrogen) atoms. The van der Waals surface area contributed by atoms with Crippen LogP contribution in [-0.2, 0) is 25.8 Å². The number of amides is 1. The van der Waals surface area contributed by atoms with Crippen molar-refractivity contribution in [1.82, 2.24) is 9.80 Å². The van der Waals surface area contributed by atoms with Gasteiger partial charge in [0.1, 0.15) is 0 Å². The van der Waals surface area contributed by atoms with E-state index in [2.05, 4.69) is 25.7 Å². The van der Waals surface area contributed by atoms with Crippen molar-refractivity contribution in [2.24, 2.45) is 11.8 Å². The number of nitrogens with zero attached hydrogens (tertiary/aromatic N) is 2. The van der Waals surface area contributed by atoms with Crippen molar-refractivity contribution in [3.8, 4) is 0 Å². The fourth-order valence-corrected chi connectivity index (χ4v) is 7.90. The van der Waals surface area contributed by atoms with Crippen molar-refractivity contribution in [2.45, 2.75) is 75.9 Å². The SMILES string of the molecule is CC(C)C[C@H](C(=O)CCc1ccc(Cl)c(Cl)c1)N1CCC(CS(=O)(=O)c2ccccc2)N2C[C@H](C)C[C@H]2C1=O. The van der Waals surface area contributed by atoms with E-state index in [9.17, 15) is 18.0 Å². The Kier molecular flexibility index (Phi) is 9.79. The van der Waals surface area contributed by atoms with Gasteiger partial charge in [-0.25, -0.2) is 8.42 Å². The number of benzene rings is 2. The lowest BCUT2D eigenvalue weighted by molar-refractivity contribution is -0.142. The monoisotopic (exact) mass is 592 g/mol. The van der Waals surface area contributed by atoms with Gasteiger partial charge in [0.25, 0.3) is 0 Å². The highest BCUT2D eigenvalue weighted by Gasteiger charge is 2.46. The third kappa shape index (κ3) is 7.24. The zero-order valence-electron chi connectivity index (χ0n) is 22.9. The van der Waals surface area contributed by atoms with Crippen LogP contribution in [0.4, 0.5) is 0 Å². The Bertz CT molecular complexity index is 1290. The molecule has 1 unspecified atom stereocenters. The number of carbonyl (C=O) groups is 2. The van der Waals surface area contributed by atoms with Gasteiger partial charge in [-0.1, -0.05) is 68.2 Å². The predicted octanol–water partition coefficient (Wildman–Crippen LogP) is 5.70. The molecule has 0 saturated carbocycles. The van der Waals surface area contributed by atoms with Crippen LogP contribution in [0.5, 0.6) is 0 Å². The first-order chi connectivity index (χ1) is 18.5. The number of sulfone groups is 1. The van der Waals surface area contributed by atoms with Gasteiger partial charge in [0.05, 0.1) is 32.8 Å². The number of aryl methyl sites for hydroxylation is 1. The lowest BCUT2D eigenvalue weighted by atomic mass is 9.94. The van der Waals surface area contributed by atoms with Gasteiger partial charge in [0.15, 0.2) is 15.6 Å². The second kappa shape index (κ2) is 12.7. The van der Waals surface area contributed by atoms with Crippen LogP contribution < -0.4 is 0 Å². The molecule has 0 radical (unpaired) electrons. The molecule has 4 atom stereocenters. The predicted molar refractivity (Wildman–Crippen MR) is 156 cm³/mol. The number of rotatable bonds is 10. The van der Waals surface area contributed by atoms with Crippen LogP contribution in [0.15, 0.2) is 53.4 Å². The van der Waals surface area contributed by atoms with Crippen molar-refractivity contribution in [2.75, 3.05) is 18.8 Å². The summed E-state index contributed by atoms with van der Waals surface area (Å²) in [5.74, 6) is 0.424. The zero-order chi connectivity index (χ0) is 28.3. The number of hydrogen-bond donors (Lipinski definition) is 0. The molecule has 212 valence electrons. The van der Waals surface area contributed by atoms with E-state index in [1.807, 2.05) is 6.07 Å². The second-order valence-electron chi connectivity index (χ2n) is 11.5. The van der Waals surface area contributed by atoms with Gasteiger partial charge in [-0.3, -0.25) is 14.5 Å². The summed E-state index contributed by atoms with van der Waals surface area (Å²) in [5.41, 5.74) is 0.921. The van der Waals surface area contributed by atoms with E-state index in [0.717, 1.165) is 5.56 Å².